The molecule has 1 aliphatic heterocycles. The number of nitrogens with one attached hydrogen (secondary N) is 1. The third-order valence-corrected chi connectivity index (χ3v) is 4.88. The van der Waals surface area contributed by atoms with Gasteiger partial charge in [-0.05, 0) is 36.5 Å². The number of β-amino-alcohol motifs (C(OH)–C–C–N with tert-alkyl or cyclic N) is 1. The van der Waals surface area contributed by atoms with Crippen LogP contribution in [0.2, 0.25) is 5.02 Å². The molecule has 6 heteroatoms. The van der Waals surface area contributed by atoms with Gasteiger partial charge in [0.15, 0.2) is 0 Å². The lowest BCUT2D eigenvalue weighted by Crippen LogP contribution is -2.53. The molecule has 1 saturated heterocycles. The fourth-order valence-corrected chi connectivity index (χ4v) is 3.05. The number of carbonyl (C=O) groups is 1. The number of nitrogens with zero attached hydrogens (tertiary/aromatic N) is 2. The Morgan fingerprint density at radius 2 is 1.87 bits per heavy atom. The molecule has 23 heavy (non-hydrogen) atoms. The van der Waals surface area contributed by atoms with Crippen molar-refractivity contribution in [3.63, 3.8) is 0 Å². The first kappa shape index (κ1) is 16.6. The van der Waals surface area contributed by atoms with Crippen molar-refractivity contribution in [2.45, 2.75) is 25.5 Å². The highest BCUT2D eigenvalue weighted by Crippen LogP contribution is 2.32. The summed E-state index contributed by atoms with van der Waals surface area (Å²) in [5.74, 6) is 0.510. The van der Waals surface area contributed by atoms with Crippen molar-refractivity contribution < 1.29 is 9.90 Å². The number of amides is 2. The first-order valence-corrected chi connectivity index (χ1v) is 8.67. The highest BCUT2D eigenvalue weighted by molar-refractivity contribution is 6.30. The predicted molar refractivity (Wildman–Crippen MR) is 90.4 cm³/mol. The Balaban J connectivity index is 1.38. The van der Waals surface area contributed by atoms with Crippen LogP contribution in [0.25, 0.3) is 0 Å². The number of urea groups is 1. The molecule has 0 bridgehead atoms. The van der Waals surface area contributed by atoms with Gasteiger partial charge < -0.3 is 15.3 Å². The lowest BCUT2D eigenvalue weighted by atomic mass is 10.2. The van der Waals surface area contributed by atoms with Crippen molar-refractivity contribution in [3.8, 4) is 0 Å². The first-order valence-electron chi connectivity index (χ1n) is 8.29. The van der Waals surface area contributed by atoms with E-state index in [2.05, 4.69) is 10.2 Å². The van der Waals surface area contributed by atoms with E-state index >= 15 is 0 Å². The largest absolute Gasteiger partial charge is 0.392 e. The summed E-state index contributed by atoms with van der Waals surface area (Å²) in [6.45, 7) is 4.34. The van der Waals surface area contributed by atoms with Crippen LogP contribution in [-0.4, -0.2) is 59.8 Å². The van der Waals surface area contributed by atoms with E-state index < -0.39 is 0 Å². The summed E-state index contributed by atoms with van der Waals surface area (Å²) in [6, 6.07) is 7.46. The molecule has 0 unspecified atom stereocenters. The van der Waals surface area contributed by atoms with Crippen LogP contribution >= 0.6 is 11.6 Å². The van der Waals surface area contributed by atoms with Gasteiger partial charge in [-0.15, -0.1) is 0 Å². The second-order valence-corrected chi connectivity index (χ2v) is 6.91. The van der Waals surface area contributed by atoms with Gasteiger partial charge in [-0.1, -0.05) is 23.7 Å². The highest BCUT2D eigenvalue weighted by atomic mass is 35.5. The van der Waals surface area contributed by atoms with Gasteiger partial charge in [0.05, 0.1) is 6.10 Å². The molecule has 2 amide bonds. The Morgan fingerprint density at radius 3 is 2.48 bits per heavy atom. The van der Waals surface area contributed by atoms with E-state index in [9.17, 15) is 9.90 Å². The number of piperazine rings is 1. The molecule has 2 N–H and O–H groups in total. The molecule has 1 aromatic rings. The minimum atomic E-state index is -0.194. The van der Waals surface area contributed by atoms with E-state index in [-0.39, 0.29) is 12.1 Å². The van der Waals surface area contributed by atoms with Gasteiger partial charge in [-0.3, -0.25) is 4.90 Å². The summed E-state index contributed by atoms with van der Waals surface area (Å²) in [7, 11) is 0. The quantitative estimate of drug-likeness (QED) is 0.863. The van der Waals surface area contributed by atoms with Gasteiger partial charge >= 0.3 is 6.03 Å². The fraction of sp³-hybridized carbons (Fsp3) is 0.588. The molecular formula is C17H24ClN3O2. The zero-order chi connectivity index (χ0) is 16.2. The molecule has 0 radical (unpaired) electrons. The number of aliphatic hydroxyl groups is 1. The smallest absolute Gasteiger partial charge is 0.317 e. The van der Waals surface area contributed by atoms with Crippen LogP contribution in [-0.2, 0) is 6.54 Å². The Hall–Kier alpha value is -1.30. The summed E-state index contributed by atoms with van der Waals surface area (Å²) in [5, 5.41) is 13.6. The number of benzene rings is 1. The van der Waals surface area contributed by atoms with Crippen LogP contribution in [0.4, 0.5) is 4.79 Å². The molecular weight excluding hydrogens is 314 g/mol. The van der Waals surface area contributed by atoms with Crippen molar-refractivity contribution in [3.05, 3.63) is 34.9 Å². The van der Waals surface area contributed by atoms with Gasteiger partial charge in [0, 0.05) is 44.3 Å². The van der Waals surface area contributed by atoms with E-state index in [1.807, 2.05) is 29.2 Å². The van der Waals surface area contributed by atoms with Crippen LogP contribution in [0, 0.1) is 5.92 Å². The lowest BCUT2D eigenvalue weighted by Gasteiger charge is -2.35. The van der Waals surface area contributed by atoms with E-state index in [0.717, 1.165) is 38.0 Å². The van der Waals surface area contributed by atoms with E-state index in [1.165, 1.54) is 0 Å². The average molecular weight is 338 g/mol. The summed E-state index contributed by atoms with van der Waals surface area (Å²) in [4.78, 5) is 16.3. The van der Waals surface area contributed by atoms with Crippen LogP contribution in [0.3, 0.4) is 0 Å². The molecule has 5 nitrogen and oxygen atoms in total. The zero-order valence-corrected chi connectivity index (χ0v) is 14.0. The Labute approximate surface area is 142 Å². The molecule has 1 saturated carbocycles. The molecule has 126 valence electrons. The van der Waals surface area contributed by atoms with Crippen LogP contribution in [0.1, 0.15) is 18.4 Å². The maximum absolute atomic E-state index is 12.2. The van der Waals surface area contributed by atoms with Crippen LogP contribution < -0.4 is 5.32 Å². The summed E-state index contributed by atoms with van der Waals surface area (Å²) >= 11 is 5.85. The third-order valence-electron chi connectivity index (χ3n) is 4.63. The number of rotatable bonds is 5. The number of hydrogen-bond donors (Lipinski definition) is 2. The minimum Gasteiger partial charge on any atom is -0.392 e. The van der Waals surface area contributed by atoms with Crippen molar-refractivity contribution in [2.75, 3.05) is 32.7 Å². The van der Waals surface area contributed by atoms with Crippen molar-refractivity contribution in [2.24, 2.45) is 5.92 Å². The van der Waals surface area contributed by atoms with Gasteiger partial charge in [0.1, 0.15) is 0 Å². The van der Waals surface area contributed by atoms with Crippen LogP contribution in [0.5, 0.6) is 0 Å². The topological polar surface area (TPSA) is 55.8 Å². The second kappa shape index (κ2) is 7.51. The van der Waals surface area contributed by atoms with Crippen molar-refractivity contribution in [1.82, 2.24) is 15.1 Å². The van der Waals surface area contributed by atoms with E-state index in [0.29, 0.717) is 30.6 Å². The fourth-order valence-electron chi connectivity index (χ4n) is 2.92. The van der Waals surface area contributed by atoms with Gasteiger partial charge in [-0.2, -0.15) is 0 Å². The molecule has 1 aliphatic carbocycles. The number of carbonyl (C=O) groups excluding carboxylic acids is 1. The summed E-state index contributed by atoms with van der Waals surface area (Å²) in [5.41, 5.74) is 1.04. The molecule has 1 atom stereocenters. The number of aliphatic hydroxyl groups excluding tert-OH is 1. The standard InChI is InChI=1S/C17H24ClN3O2/c18-15-5-1-13(2-6-15)11-19-17(23)21-9-7-20(8-10-21)12-16(22)14-3-4-14/h1-2,5-6,14,16,22H,3-4,7-12H2,(H,19,23)/t16-/m0/s1. The molecule has 2 fully saturated rings. The van der Waals surface area contributed by atoms with Crippen molar-refractivity contribution in [1.29, 1.82) is 0 Å². The van der Waals surface area contributed by atoms with Gasteiger partial charge in [0.2, 0.25) is 0 Å². The maximum atomic E-state index is 12.2. The Bertz CT molecular complexity index is 525. The number of halogens is 1. The molecule has 1 aromatic carbocycles. The van der Waals surface area contributed by atoms with E-state index in [4.69, 9.17) is 11.6 Å². The lowest BCUT2D eigenvalue weighted by molar-refractivity contribution is 0.0696. The molecule has 2 aliphatic rings. The first-order chi connectivity index (χ1) is 11.1. The SMILES string of the molecule is O=C(NCc1ccc(Cl)cc1)N1CCN(C[C@H](O)C2CC2)CC1. The minimum absolute atomic E-state index is 0.0256. The summed E-state index contributed by atoms with van der Waals surface area (Å²) in [6.07, 6.45) is 2.13. The molecule has 3 rings (SSSR count). The Kier molecular flexibility index (Phi) is 5.41. The average Bonchev–Trinajstić information content (AvgIpc) is 3.40. The molecule has 0 spiro atoms. The Morgan fingerprint density at radius 1 is 1.22 bits per heavy atom. The number of hydrogen-bond acceptors (Lipinski definition) is 3. The molecule has 0 aromatic heterocycles. The highest BCUT2D eigenvalue weighted by Gasteiger charge is 2.32. The molecule has 1 heterocycles. The third kappa shape index (κ3) is 4.83. The van der Waals surface area contributed by atoms with Crippen molar-refractivity contribution >= 4 is 17.6 Å². The van der Waals surface area contributed by atoms with E-state index in [1.54, 1.807) is 0 Å². The predicted octanol–water partition coefficient (Wildman–Crippen LogP) is 1.94. The maximum Gasteiger partial charge on any atom is 0.317 e. The normalized spacial score (nSPS) is 20.3. The van der Waals surface area contributed by atoms with Gasteiger partial charge in [-0.25, -0.2) is 4.79 Å². The second-order valence-electron chi connectivity index (χ2n) is 6.48. The zero-order valence-electron chi connectivity index (χ0n) is 13.2. The monoisotopic (exact) mass is 337 g/mol. The summed E-state index contributed by atoms with van der Waals surface area (Å²) < 4.78 is 0. The van der Waals surface area contributed by atoms with Gasteiger partial charge in [0.25, 0.3) is 0 Å². The van der Waals surface area contributed by atoms with Crippen LogP contribution in [0.15, 0.2) is 24.3 Å².